The van der Waals surface area contributed by atoms with E-state index in [1.807, 2.05) is 0 Å². The second-order valence-electron chi connectivity index (χ2n) is 3.81. The maximum atomic E-state index is 4.52. The lowest BCUT2D eigenvalue weighted by molar-refractivity contribution is 0.746. The average molecular weight is 153 g/mol. The molecule has 0 spiro atoms. The molecule has 0 heterocycles. The summed E-state index contributed by atoms with van der Waals surface area (Å²) in [5, 5.41) is 0. The topological polar surface area (TPSA) is 12.4 Å². The molecule has 0 saturated heterocycles. The van der Waals surface area contributed by atoms with Gasteiger partial charge in [-0.15, -0.1) is 0 Å². The van der Waals surface area contributed by atoms with Crippen molar-refractivity contribution >= 4 is 5.71 Å². The normalized spacial score (nSPS) is 37.5. The molecule has 2 atom stereocenters. The third-order valence-corrected chi connectivity index (χ3v) is 3.12. The molecule has 1 saturated carbocycles. The molecule has 1 fully saturated rings. The van der Waals surface area contributed by atoms with Crippen molar-refractivity contribution in [3.8, 4) is 0 Å². The van der Waals surface area contributed by atoms with E-state index in [9.17, 15) is 0 Å². The molecule has 1 aliphatic rings. The first-order chi connectivity index (χ1) is 5.16. The Bertz CT molecular complexity index is 152. The zero-order valence-corrected chi connectivity index (χ0v) is 8.09. The Morgan fingerprint density at radius 3 is 2.18 bits per heavy atom. The van der Waals surface area contributed by atoms with Crippen LogP contribution in [0, 0.1) is 17.8 Å². The van der Waals surface area contributed by atoms with E-state index in [-0.39, 0.29) is 0 Å². The van der Waals surface area contributed by atoms with Gasteiger partial charge in [0, 0.05) is 12.3 Å². The van der Waals surface area contributed by atoms with Gasteiger partial charge in [0.05, 0.1) is 0 Å². The molecule has 1 heteroatoms. The Balaban J connectivity index is 2.24. The van der Waals surface area contributed by atoms with Crippen molar-refractivity contribution < 1.29 is 0 Å². The van der Waals surface area contributed by atoms with E-state index in [4.69, 9.17) is 0 Å². The predicted molar refractivity (Wildman–Crippen MR) is 50.1 cm³/mol. The highest BCUT2D eigenvalue weighted by atomic mass is 14.8. The summed E-state index contributed by atoms with van der Waals surface area (Å²) in [7, 11) is 0. The van der Waals surface area contributed by atoms with Crippen LogP contribution in [0.3, 0.4) is 0 Å². The Morgan fingerprint density at radius 1 is 1.27 bits per heavy atom. The van der Waals surface area contributed by atoms with Crippen LogP contribution in [0.15, 0.2) is 4.99 Å². The Kier molecular flexibility index (Phi) is 2.69. The van der Waals surface area contributed by atoms with Crippen molar-refractivity contribution in [3.63, 3.8) is 0 Å². The van der Waals surface area contributed by atoms with E-state index < -0.39 is 0 Å². The van der Waals surface area contributed by atoms with E-state index >= 15 is 0 Å². The van der Waals surface area contributed by atoms with Crippen LogP contribution in [-0.4, -0.2) is 12.3 Å². The summed E-state index contributed by atoms with van der Waals surface area (Å²) in [6.07, 6.45) is 1.11. The SMILES string of the molecule is CCC(C)=NCC1C(C)C1C. The van der Waals surface area contributed by atoms with Crippen LogP contribution < -0.4 is 0 Å². The maximum absolute atomic E-state index is 4.52. The molecule has 0 aliphatic heterocycles. The van der Waals surface area contributed by atoms with Crippen molar-refractivity contribution in [1.29, 1.82) is 0 Å². The fourth-order valence-electron chi connectivity index (χ4n) is 1.47. The van der Waals surface area contributed by atoms with Gasteiger partial charge < -0.3 is 0 Å². The average Bonchev–Trinajstić information content (AvgIpc) is 2.56. The largest absolute Gasteiger partial charge is 0.294 e. The zero-order chi connectivity index (χ0) is 8.43. The molecule has 0 aromatic carbocycles. The quantitative estimate of drug-likeness (QED) is 0.553. The number of aliphatic imine (C=N–C) groups is 1. The van der Waals surface area contributed by atoms with Crippen LogP contribution >= 0.6 is 0 Å². The van der Waals surface area contributed by atoms with Crippen LogP contribution in [0.4, 0.5) is 0 Å². The minimum absolute atomic E-state index is 0.886. The molecule has 1 rings (SSSR count). The fraction of sp³-hybridized carbons (Fsp3) is 0.900. The van der Waals surface area contributed by atoms with Gasteiger partial charge in [-0.25, -0.2) is 0 Å². The summed E-state index contributed by atoms with van der Waals surface area (Å²) in [4.78, 5) is 4.52. The van der Waals surface area contributed by atoms with Gasteiger partial charge in [0.15, 0.2) is 0 Å². The molecule has 0 aromatic rings. The summed E-state index contributed by atoms with van der Waals surface area (Å²) >= 11 is 0. The first kappa shape index (κ1) is 8.76. The molecule has 11 heavy (non-hydrogen) atoms. The molecular formula is C10H19N. The minimum Gasteiger partial charge on any atom is -0.294 e. The highest BCUT2D eigenvalue weighted by Gasteiger charge is 2.41. The van der Waals surface area contributed by atoms with E-state index in [0.29, 0.717) is 0 Å². The lowest BCUT2D eigenvalue weighted by Crippen LogP contribution is -1.93. The smallest absolute Gasteiger partial charge is 0.0422 e. The minimum atomic E-state index is 0.886. The zero-order valence-electron chi connectivity index (χ0n) is 8.09. The van der Waals surface area contributed by atoms with Gasteiger partial charge >= 0.3 is 0 Å². The second-order valence-corrected chi connectivity index (χ2v) is 3.81. The predicted octanol–water partition coefficient (Wildman–Crippen LogP) is 2.76. The molecule has 0 N–H and O–H groups in total. The van der Waals surface area contributed by atoms with Gasteiger partial charge in [-0.3, -0.25) is 4.99 Å². The number of rotatable bonds is 3. The van der Waals surface area contributed by atoms with Crippen molar-refractivity contribution in [2.75, 3.05) is 6.54 Å². The Labute approximate surface area is 69.9 Å². The van der Waals surface area contributed by atoms with E-state index in [0.717, 1.165) is 30.7 Å². The van der Waals surface area contributed by atoms with Gasteiger partial charge in [0.25, 0.3) is 0 Å². The number of nitrogens with zero attached hydrogens (tertiary/aromatic N) is 1. The van der Waals surface area contributed by atoms with E-state index in [1.165, 1.54) is 5.71 Å². The molecule has 1 aliphatic carbocycles. The summed E-state index contributed by atoms with van der Waals surface area (Å²) in [6, 6.07) is 0. The molecule has 0 bridgehead atoms. The van der Waals surface area contributed by atoms with Gasteiger partial charge in [-0.05, 0) is 31.1 Å². The van der Waals surface area contributed by atoms with Crippen LogP contribution in [0.5, 0.6) is 0 Å². The fourth-order valence-corrected chi connectivity index (χ4v) is 1.47. The molecular weight excluding hydrogens is 134 g/mol. The molecule has 64 valence electrons. The molecule has 2 unspecified atom stereocenters. The van der Waals surface area contributed by atoms with Gasteiger partial charge in [-0.1, -0.05) is 20.8 Å². The van der Waals surface area contributed by atoms with Crippen LogP contribution in [0.1, 0.15) is 34.1 Å². The third kappa shape index (κ3) is 2.05. The van der Waals surface area contributed by atoms with Crippen molar-refractivity contribution in [3.05, 3.63) is 0 Å². The van der Waals surface area contributed by atoms with E-state index in [1.54, 1.807) is 0 Å². The molecule has 0 radical (unpaired) electrons. The summed E-state index contributed by atoms with van der Waals surface area (Å²) < 4.78 is 0. The van der Waals surface area contributed by atoms with E-state index in [2.05, 4.69) is 32.7 Å². The van der Waals surface area contributed by atoms with Crippen LogP contribution in [-0.2, 0) is 0 Å². The van der Waals surface area contributed by atoms with Crippen LogP contribution in [0.25, 0.3) is 0 Å². The van der Waals surface area contributed by atoms with Gasteiger partial charge in [-0.2, -0.15) is 0 Å². The molecule has 1 nitrogen and oxygen atoms in total. The Hall–Kier alpha value is -0.330. The summed E-state index contributed by atoms with van der Waals surface area (Å²) in [6.45, 7) is 10.0. The van der Waals surface area contributed by atoms with Crippen molar-refractivity contribution in [2.45, 2.75) is 34.1 Å². The number of hydrogen-bond donors (Lipinski definition) is 0. The first-order valence-electron chi connectivity index (χ1n) is 4.66. The molecule has 0 aromatic heterocycles. The lowest BCUT2D eigenvalue weighted by atomic mass is 10.3. The summed E-state index contributed by atoms with van der Waals surface area (Å²) in [5.41, 5.74) is 1.30. The number of hydrogen-bond acceptors (Lipinski definition) is 1. The summed E-state index contributed by atoms with van der Waals surface area (Å²) in [5.74, 6) is 2.73. The van der Waals surface area contributed by atoms with Gasteiger partial charge in [0.2, 0.25) is 0 Å². The maximum Gasteiger partial charge on any atom is 0.0422 e. The third-order valence-electron chi connectivity index (χ3n) is 3.12. The standard InChI is InChI=1S/C10H19N/c1-5-7(2)11-6-10-8(3)9(10)4/h8-10H,5-6H2,1-4H3. The highest BCUT2D eigenvalue weighted by Crippen LogP contribution is 2.45. The van der Waals surface area contributed by atoms with Crippen molar-refractivity contribution in [1.82, 2.24) is 0 Å². The molecule has 0 amide bonds. The van der Waals surface area contributed by atoms with Crippen LogP contribution in [0.2, 0.25) is 0 Å². The Morgan fingerprint density at radius 2 is 1.82 bits per heavy atom. The monoisotopic (exact) mass is 153 g/mol. The second kappa shape index (κ2) is 3.38. The first-order valence-corrected chi connectivity index (χ1v) is 4.66. The lowest BCUT2D eigenvalue weighted by Gasteiger charge is -1.94. The van der Waals surface area contributed by atoms with Crippen molar-refractivity contribution in [2.24, 2.45) is 22.7 Å². The highest BCUT2D eigenvalue weighted by molar-refractivity contribution is 5.81. The van der Waals surface area contributed by atoms with Gasteiger partial charge in [0.1, 0.15) is 0 Å².